The summed E-state index contributed by atoms with van der Waals surface area (Å²) in [5.41, 5.74) is -0.539. The predicted molar refractivity (Wildman–Crippen MR) is 96.9 cm³/mol. The number of H-pyrrole nitrogens is 1. The van der Waals surface area contributed by atoms with Crippen molar-refractivity contribution in [3.8, 4) is 0 Å². The number of aryl methyl sites for hydroxylation is 3. The van der Waals surface area contributed by atoms with Crippen LogP contribution in [0.4, 0.5) is 0 Å². The molecule has 3 heterocycles. The summed E-state index contributed by atoms with van der Waals surface area (Å²) in [6, 6.07) is 0.160. The molecule has 1 aliphatic rings. The highest BCUT2D eigenvalue weighted by molar-refractivity contribution is 5.76. The number of hydrogen-bond donors (Lipinski definition) is 1. The number of hydrogen-bond acceptors (Lipinski definition) is 4. The van der Waals surface area contributed by atoms with Gasteiger partial charge < -0.3 is 9.47 Å². The molecule has 0 unspecified atom stereocenters. The Kier molecular flexibility index (Phi) is 5.39. The van der Waals surface area contributed by atoms with Crippen LogP contribution < -0.4 is 11.2 Å². The summed E-state index contributed by atoms with van der Waals surface area (Å²) in [4.78, 5) is 44.7. The van der Waals surface area contributed by atoms with Gasteiger partial charge in [0.2, 0.25) is 5.91 Å². The monoisotopic (exact) mass is 359 g/mol. The second-order valence-corrected chi connectivity index (χ2v) is 6.93. The van der Waals surface area contributed by atoms with Crippen LogP contribution in [0, 0.1) is 6.92 Å². The maximum atomic E-state index is 12.8. The summed E-state index contributed by atoms with van der Waals surface area (Å²) in [6.07, 6.45) is 9.87. The lowest BCUT2D eigenvalue weighted by molar-refractivity contribution is -0.135. The molecule has 0 radical (unpaired) electrons. The van der Waals surface area contributed by atoms with Crippen LogP contribution >= 0.6 is 0 Å². The van der Waals surface area contributed by atoms with Gasteiger partial charge in [0.05, 0.1) is 0 Å². The molecule has 0 aliphatic carbocycles. The number of aromatic amines is 1. The lowest BCUT2D eigenvalue weighted by Crippen LogP contribution is -2.46. The summed E-state index contributed by atoms with van der Waals surface area (Å²) >= 11 is 0. The van der Waals surface area contributed by atoms with Crippen molar-refractivity contribution in [2.45, 2.75) is 51.6 Å². The Balaban J connectivity index is 1.69. The molecule has 2 aromatic rings. The summed E-state index contributed by atoms with van der Waals surface area (Å²) < 4.78 is 3.28. The number of rotatable bonds is 5. The number of imidazole rings is 1. The molecule has 3 rings (SSSR count). The van der Waals surface area contributed by atoms with Gasteiger partial charge in [0.1, 0.15) is 12.4 Å². The first kappa shape index (κ1) is 18.2. The summed E-state index contributed by atoms with van der Waals surface area (Å²) in [7, 11) is 1.97. The van der Waals surface area contributed by atoms with Gasteiger partial charge >= 0.3 is 5.69 Å². The normalized spacial score (nSPS) is 17.5. The van der Waals surface area contributed by atoms with E-state index in [-0.39, 0.29) is 18.5 Å². The second-order valence-electron chi connectivity index (χ2n) is 6.93. The number of aromatic nitrogens is 4. The van der Waals surface area contributed by atoms with Crippen LogP contribution in [-0.4, -0.2) is 42.5 Å². The van der Waals surface area contributed by atoms with E-state index in [2.05, 4.69) is 9.97 Å². The Hall–Kier alpha value is -2.64. The van der Waals surface area contributed by atoms with E-state index in [1.807, 2.05) is 22.7 Å². The zero-order valence-corrected chi connectivity index (χ0v) is 15.3. The van der Waals surface area contributed by atoms with Crippen LogP contribution in [0.25, 0.3) is 0 Å². The third kappa shape index (κ3) is 3.95. The van der Waals surface area contributed by atoms with Gasteiger partial charge in [0.15, 0.2) is 0 Å². The molecule has 0 bridgehead atoms. The molecule has 1 N–H and O–H groups in total. The van der Waals surface area contributed by atoms with Crippen LogP contribution in [0.2, 0.25) is 0 Å². The fraction of sp³-hybridized carbons (Fsp3) is 0.556. The van der Waals surface area contributed by atoms with Crippen molar-refractivity contribution in [2.24, 2.45) is 7.05 Å². The second kappa shape index (κ2) is 7.72. The minimum atomic E-state index is -0.546. The van der Waals surface area contributed by atoms with Crippen molar-refractivity contribution in [1.29, 1.82) is 0 Å². The van der Waals surface area contributed by atoms with Crippen LogP contribution in [0.1, 0.15) is 37.1 Å². The molecule has 1 amide bonds. The zero-order valence-electron chi connectivity index (χ0n) is 15.3. The minimum Gasteiger partial charge on any atom is -0.338 e. The number of carbonyl (C=O) groups excluding carboxylic acids is 1. The fourth-order valence-electron chi connectivity index (χ4n) is 3.53. The van der Waals surface area contributed by atoms with Gasteiger partial charge in [-0.15, -0.1) is 0 Å². The standard InChI is InChI=1S/C18H25N5O3/c1-13-11-22(18(26)20-17(13)25)12-16(24)23-9-4-3-5-14(23)6-7-15-19-8-10-21(15)2/h8,10-11,14H,3-7,9,12H2,1-2H3,(H,20,25,26)/t14-/m1/s1. The molecule has 0 saturated carbocycles. The van der Waals surface area contributed by atoms with Crippen molar-refractivity contribution in [1.82, 2.24) is 24.0 Å². The van der Waals surface area contributed by atoms with Gasteiger partial charge in [-0.05, 0) is 32.6 Å². The van der Waals surface area contributed by atoms with Gasteiger partial charge in [-0.1, -0.05) is 0 Å². The molecule has 8 heteroatoms. The quantitative estimate of drug-likeness (QED) is 0.846. The molecule has 0 spiro atoms. The molecule has 2 aromatic heterocycles. The van der Waals surface area contributed by atoms with Crippen molar-refractivity contribution < 1.29 is 4.79 Å². The molecule has 1 aliphatic heterocycles. The average molecular weight is 359 g/mol. The van der Waals surface area contributed by atoms with E-state index in [1.54, 1.807) is 13.1 Å². The first-order valence-corrected chi connectivity index (χ1v) is 9.01. The van der Waals surface area contributed by atoms with Crippen LogP contribution in [0.3, 0.4) is 0 Å². The number of nitrogens with zero attached hydrogens (tertiary/aromatic N) is 4. The summed E-state index contributed by atoms with van der Waals surface area (Å²) in [6.45, 7) is 2.28. The van der Waals surface area contributed by atoms with Gasteiger partial charge in [-0.2, -0.15) is 0 Å². The van der Waals surface area contributed by atoms with E-state index in [0.29, 0.717) is 12.1 Å². The van der Waals surface area contributed by atoms with Gasteiger partial charge in [-0.3, -0.25) is 19.1 Å². The van der Waals surface area contributed by atoms with Crippen LogP contribution in [-0.2, 0) is 24.8 Å². The lowest BCUT2D eigenvalue weighted by atomic mass is 9.97. The topological polar surface area (TPSA) is 93.0 Å². The molecular formula is C18H25N5O3. The number of carbonyl (C=O) groups is 1. The highest BCUT2D eigenvalue weighted by atomic mass is 16.2. The number of nitrogens with one attached hydrogen (secondary N) is 1. The number of amides is 1. The maximum Gasteiger partial charge on any atom is 0.328 e. The third-order valence-corrected chi connectivity index (χ3v) is 5.06. The third-order valence-electron chi connectivity index (χ3n) is 5.06. The Morgan fingerprint density at radius 2 is 2.15 bits per heavy atom. The Labute approximate surface area is 151 Å². The molecule has 140 valence electrons. The maximum absolute atomic E-state index is 12.8. The van der Waals surface area contributed by atoms with E-state index in [1.165, 1.54) is 10.8 Å². The van der Waals surface area contributed by atoms with Crippen LogP contribution in [0.5, 0.6) is 0 Å². The van der Waals surface area contributed by atoms with E-state index >= 15 is 0 Å². The smallest absolute Gasteiger partial charge is 0.328 e. The highest BCUT2D eigenvalue weighted by Gasteiger charge is 2.27. The molecule has 8 nitrogen and oxygen atoms in total. The minimum absolute atomic E-state index is 0.0463. The average Bonchev–Trinajstić information content (AvgIpc) is 3.03. The SMILES string of the molecule is Cc1cn(CC(=O)N2CCCC[C@@H]2CCc2nccn2C)c(=O)[nH]c1=O. The zero-order chi connectivity index (χ0) is 18.7. The first-order valence-electron chi connectivity index (χ1n) is 9.01. The molecule has 26 heavy (non-hydrogen) atoms. The Morgan fingerprint density at radius 1 is 1.35 bits per heavy atom. The first-order chi connectivity index (χ1) is 12.5. The largest absolute Gasteiger partial charge is 0.338 e. The molecular weight excluding hydrogens is 334 g/mol. The van der Waals surface area contributed by atoms with E-state index in [9.17, 15) is 14.4 Å². The lowest BCUT2D eigenvalue weighted by Gasteiger charge is -2.36. The van der Waals surface area contributed by atoms with E-state index in [0.717, 1.165) is 37.9 Å². The molecule has 1 fully saturated rings. The van der Waals surface area contributed by atoms with Crippen LogP contribution in [0.15, 0.2) is 28.2 Å². The van der Waals surface area contributed by atoms with E-state index in [4.69, 9.17) is 0 Å². The van der Waals surface area contributed by atoms with Gasteiger partial charge in [0, 0.05) is 50.2 Å². The molecule has 1 atom stereocenters. The Bertz CT molecular complexity index is 895. The van der Waals surface area contributed by atoms with Crippen molar-refractivity contribution in [3.63, 3.8) is 0 Å². The molecule has 0 aromatic carbocycles. The Morgan fingerprint density at radius 3 is 2.88 bits per heavy atom. The summed E-state index contributed by atoms with van der Waals surface area (Å²) in [5, 5.41) is 0. The highest BCUT2D eigenvalue weighted by Crippen LogP contribution is 2.21. The van der Waals surface area contributed by atoms with Gasteiger partial charge in [-0.25, -0.2) is 9.78 Å². The van der Waals surface area contributed by atoms with E-state index < -0.39 is 11.2 Å². The van der Waals surface area contributed by atoms with Crippen molar-refractivity contribution in [3.05, 3.63) is 50.8 Å². The fourth-order valence-corrected chi connectivity index (χ4v) is 3.53. The van der Waals surface area contributed by atoms with Crippen molar-refractivity contribution >= 4 is 5.91 Å². The number of piperidine rings is 1. The summed E-state index contributed by atoms with van der Waals surface area (Å²) in [5.74, 6) is 0.929. The number of likely N-dealkylation sites (tertiary alicyclic amines) is 1. The van der Waals surface area contributed by atoms with Crippen molar-refractivity contribution in [2.75, 3.05) is 6.54 Å². The predicted octanol–water partition coefficient (Wildman–Crippen LogP) is 0.592. The molecule has 1 saturated heterocycles. The van der Waals surface area contributed by atoms with Gasteiger partial charge in [0.25, 0.3) is 5.56 Å².